The number of amidine groups is 2. The maximum absolute atomic E-state index is 6.71. The summed E-state index contributed by atoms with van der Waals surface area (Å²) in [6, 6.07) is 51.9. The molecule has 0 fully saturated rings. The Bertz CT molecular complexity index is 2400. The molecule has 0 amide bonds. The number of benzene rings is 7. The molecule has 0 saturated heterocycles. The Hall–Kier alpha value is -6.00. The summed E-state index contributed by atoms with van der Waals surface area (Å²) >= 11 is 0. The van der Waals surface area contributed by atoms with E-state index in [0.717, 1.165) is 55.0 Å². The molecule has 0 aliphatic carbocycles. The van der Waals surface area contributed by atoms with Gasteiger partial charge in [-0.25, -0.2) is 4.99 Å². The van der Waals surface area contributed by atoms with E-state index in [0.29, 0.717) is 18.2 Å². The third-order valence-corrected chi connectivity index (χ3v) is 8.39. The molecule has 0 spiro atoms. The Morgan fingerprint density at radius 1 is 0.533 bits per heavy atom. The summed E-state index contributed by atoms with van der Waals surface area (Å²) in [5.41, 5.74) is 13.6. The number of aliphatic imine (C=N–C) groups is 2. The standard InChI is InChI=1S/C41H29N3O/c42-40(32-21-20-29-19-18-28-12-7-8-16-34(28)35(29)25-32)44-41(30-13-5-2-6-14-30)43-26-33-15-9-17-38-39(33)36-24-31(22-23-37(36)45-38)27-10-3-1-4-11-27/h1-25H,26H2,(H2,42,43,44). The minimum atomic E-state index is 0.422. The molecule has 0 saturated carbocycles. The highest BCUT2D eigenvalue weighted by atomic mass is 16.3. The van der Waals surface area contributed by atoms with Crippen molar-refractivity contribution in [2.75, 3.05) is 0 Å². The molecule has 1 aromatic heterocycles. The summed E-state index contributed by atoms with van der Waals surface area (Å²) in [6.07, 6.45) is 0. The Balaban J connectivity index is 1.22. The third-order valence-electron chi connectivity index (χ3n) is 8.39. The predicted octanol–water partition coefficient (Wildman–Crippen LogP) is 9.91. The van der Waals surface area contributed by atoms with Crippen molar-refractivity contribution in [3.05, 3.63) is 168 Å². The van der Waals surface area contributed by atoms with Crippen molar-refractivity contribution in [1.29, 1.82) is 0 Å². The van der Waals surface area contributed by atoms with Crippen LogP contribution >= 0.6 is 0 Å². The molecule has 1 heterocycles. The SMILES string of the molecule is N/C(=N\C(=N/Cc1cccc2oc3ccc(-c4ccccc4)cc3c12)c1ccccc1)c1ccc2ccc3ccccc3c2c1. The topological polar surface area (TPSA) is 63.9 Å². The van der Waals surface area contributed by atoms with E-state index in [1.165, 1.54) is 16.3 Å². The van der Waals surface area contributed by atoms with Gasteiger partial charge in [-0.05, 0) is 62.5 Å². The highest BCUT2D eigenvalue weighted by Gasteiger charge is 2.13. The van der Waals surface area contributed by atoms with Crippen molar-refractivity contribution in [3.63, 3.8) is 0 Å². The van der Waals surface area contributed by atoms with Gasteiger partial charge in [0.2, 0.25) is 0 Å². The third kappa shape index (κ3) is 5.02. The van der Waals surface area contributed by atoms with E-state index in [2.05, 4.69) is 97.1 Å². The molecule has 8 rings (SSSR count). The van der Waals surface area contributed by atoms with Crippen molar-refractivity contribution in [2.24, 2.45) is 15.7 Å². The average Bonchev–Trinajstić information content (AvgIpc) is 3.49. The zero-order valence-corrected chi connectivity index (χ0v) is 24.5. The quantitative estimate of drug-likeness (QED) is 0.125. The molecule has 8 aromatic rings. The fourth-order valence-electron chi connectivity index (χ4n) is 6.12. The number of fused-ring (bicyclic) bond motifs is 6. The highest BCUT2D eigenvalue weighted by molar-refractivity contribution is 6.14. The lowest BCUT2D eigenvalue weighted by molar-refractivity contribution is 0.668. The van der Waals surface area contributed by atoms with Gasteiger partial charge in [-0.15, -0.1) is 0 Å². The van der Waals surface area contributed by atoms with Crippen molar-refractivity contribution in [1.82, 2.24) is 0 Å². The predicted molar refractivity (Wildman–Crippen MR) is 188 cm³/mol. The van der Waals surface area contributed by atoms with Crippen LogP contribution < -0.4 is 5.73 Å². The van der Waals surface area contributed by atoms with Gasteiger partial charge in [-0.2, -0.15) is 0 Å². The van der Waals surface area contributed by atoms with Crippen LogP contribution in [0.1, 0.15) is 16.7 Å². The van der Waals surface area contributed by atoms with Gasteiger partial charge in [0.05, 0.1) is 6.54 Å². The summed E-state index contributed by atoms with van der Waals surface area (Å²) < 4.78 is 6.27. The van der Waals surface area contributed by atoms with Gasteiger partial charge in [-0.1, -0.05) is 127 Å². The molecule has 0 radical (unpaired) electrons. The van der Waals surface area contributed by atoms with Crippen LogP contribution in [0.25, 0.3) is 54.6 Å². The molecule has 0 aliphatic heterocycles. The zero-order chi connectivity index (χ0) is 30.2. The van der Waals surface area contributed by atoms with Crippen LogP contribution in [-0.4, -0.2) is 11.7 Å². The zero-order valence-electron chi connectivity index (χ0n) is 24.5. The monoisotopic (exact) mass is 579 g/mol. The van der Waals surface area contributed by atoms with E-state index < -0.39 is 0 Å². The number of furan rings is 1. The van der Waals surface area contributed by atoms with Gasteiger partial charge in [0.15, 0.2) is 5.84 Å². The van der Waals surface area contributed by atoms with E-state index in [1.807, 2.05) is 54.6 Å². The van der Waals surface area contributed by atoms with E-state index >= 15 is 0 Å². The average molecular weight is 580 g/mol. The second-order valence-corrected chi connectivity index (χ2v) is 11.2. The van der Waals surface area contributed by atoms with Crippen molar-refractivity contribution in [2.45, 2.75) is 6.54 Å². The van der Waals surface area contributed by atoms with Crippen molar-refractivity contribution < 1.29 is 4.42 Å². The molecule has 7 aromatic carbocycles. The molecule has 4 nitrogen and oxygen atoms in total. The normalized spacial score (nSPS) is 12.4. The lowest BCUT2D eigenvalue weighted by Crippen LogP contribution is -2.16. The van der Waals surface area contributed by atoms with Crippen LogP contribution in [0.5, 0.6) is 0 Å². The molecule has 0 atom stereocenters. The summed E-state index contributed by atoms with van der Waals surface area (Å²) in [4.78, 5) is 9.99. The summed E-state index contributed by atoms with van der Waals surface area (Å²) in [5, 5.41) is 6.84. The Labute approximate surface area is 260 Å². The minimum Gasteiger partial charge on any atom is -0.456 e. The number of nitrogens with two attached hydrogens (primary N) is 1. The van der Waals surface area contributed by atoms with Gasteiger partial charge in [0.1, 0.15) is 17.0 Å². The van der Waals surface area contributed by atoms with E-state index in [4.69, 9.17) is 20.1 Å². The molecule has 2 N–H and O–H groups in total. The number of hydrogen-bond donors (Lipinski definition) is 1. The van der Waals surface area contributed by atoms with Gasteiger partial charge < -0.3 is 10.2 Å². The van der Waals surface area contributed by atoms with Gasteiger partial charge in [0.25, 0.3) is 0 Å². The molecule has 0 unspecified atom stereocenters. The Morgan fingerprint density at radius 3 is 2.11 bits per heavy atom. The first kappa shape index (κ1) is 26.6. The summed E-state index contributed by atoms with van der Waals surface area (Å²) in [7, 11) is 0. The molecule has 45 heavy (non-hydrogen) atoms. The first-order valence-corrected chi connectivity index (χ1v) is 15.1. The van der Waals surface area contributed by atoms with Gasteiger partial charge in [0, 0.05) is 21.9 Å². The van der Waals surface area contributed by atoms with Crippen molar-refractivity contribution >= 4 is 55.2 Å². The second kappa shape index (κ2) is 11.3. The van der Waals surface area contributed by atoms with Crippen LogP contribution in [0.15, 0.2) is 166 Å². The number of rotatable bonds is 5. The first-order chi connectivity index (χ1) is 22.2. The molecule has 214 valence electrons. The van der Waals surface area contributed by atoms with Crippen LogP contribution in [0.2, 0.25) is 0 Å². The van der Waals surface area contributed by atoms with Crippen LogP contribution in [0.3, 0.4) is 0 Å². The number of hydrogen-bond acceptors (Lipinski definition) is 2. The van der Waals surface area contributed by atoms with E-state index in [9.17, 15) is 0 Å². The lowest BCUT2D eigenvalue weighted by Gasteiger charge is -2.09. The summed E-state index contributed by atoms with van der Waals surface area (Å²) in [5.74, 6) is 1.01. The first-order valence-electron chi connectivity index (χ1n) is 15.1. The second-order valence-electron chi connectivity index (χ2n) is 11.2. The molecule has 0 aliphatic rings. The minimum absolute atomic E-state index is 0.422. The molecule has 0 bridgehead atoms. The van der Waals surface area contributed by atoms with Crippen LogP contribution in [0, 0.1) is 0 Å². The fourth-order valence-corrected chi connectivity index (χ4v) is 6.12. The van der Waals surface area contributed by atoms with Crippen LogP contribution in [-0.2, 0) is 6.54 Å². The number of nitrogens with zero attached hydrogens (tertiary/aromatic N) is 2. The van der Waals surface area contributed by atoms with E-state index in [-0.39, 0.29) is 0 Å². The molecular weight excluding hydrogens is 550 g/mol. The Kier molecular flexibility index (Phi) is 6.65. The summed E-state index contributed by atoms with van der Waals surface area (Å²) in [6.45, 7) is 0.422. The Morgan fingerprint density at radius 2 is 1.27 bits per heavy atom. The highest BCUT2D eigenvalue weighted by Crippen LogP contribution is 2.35. The molecule has 4 heteroatoms. The van der Waals surface area contributed by atoms with Gasteiger partial charge in [-0.3, -0.25) is 4.99 Å². The maximum Gasteiger partial charge on any atom is 0.157 e. The van der Waals surface area contributed by atoms with Crippen LogP contribution in [0.4, 0.5) is 0 Å². The largest absolute Gasteiger partial charge is 0.456 e. The fraction of sp³-hybridized carbons (Fsp3) is 0.0244. The maximum atomic E-state index is 6.71. The van der Waals surface area contributed by atoms with Gasteiger partial charge >= 0.3 is 0 Å². The van der Waals surface area contributed by atoms with E-state index in [1.54, 1.807) is 0 Å². The lowest BCUT2D eigenvalue weighted by atomic mass is 10.00. The molecular formula is C41H29N3O. The smallest absolute Gasteiger partial charge is 0.157 e. The van der Waals surface area contributed by atoms with Crippen molar-refractivity contribution in [3.8, 4) is 11.1 Å².